The predicted octanol–water partition coefficient (Wildman–Crippen LogP) is 10.1. The highest BCUT2D eigenvalue weighted by atomic mass is 35.5. The van der Waals surface area contributed by atoms with E-state index in [9.17, 15) is 10.0 Å². The fraction of sp³-hybridized carbons (Fsp3) is 0.657. The highest BCUT2D eigenvalue weighted by Gasteiger charge is 2.42. The Balaban J connectivity index is 1.71. The first kappa shape index (κ1) is 32.2. The molecule has 0 spiro atoms. The maximum Gasteiger partial charge on any atom is 0.488 e. The third-order valence-electron chi connectivity index (χ3n) is 9.06. The molecule has 2 nitrogen and oxygen atoms in total. The van der Waals surface area contributed by atoms with Gasteiger partial charge in [0.2, 0.25) is 0 Å². The van der Waals surface area contributed by atoms with Gasteiger partial charge in [-0.3, -0.25) is 0 Å². The Morgan fingerprint density at radius 3 is 1.44 bits per heavy atom. The Labute approximate surface area is 245 Å². The molecule has 0 bridgehead atoms. The first-order chi connectivity index (χ1) is 19.0. The minimum absolute atomic E-state index is 0.0945. The molecule has 0 saturated heterocycles. The third kappa shape index (κ3) is 9.37. The zero-order valence-electron chi connectivity index (χ0n) is 25.0. The first-order valence-electron chi connectivity index (χ1n) is 16.3. The van der Waals surface area contributed by atoms with Crippen LogP contribution >= 0.6 is 11.6 Å². The lowest BCUT2D eigenvalue weighted by molar-refractivity contribution is 0.396. The maximum atomic E-state index is 10.0. The molecule has 3 rings (SSSR count). The van der Waals surface area contributed by atoms with Crippen molar-refractivity contribution in [3.05, 3.63) is 52.5 Å². The van der Waals surface area contributed by atoms with Gasteiger partial charge in [0.15, 0.2) is 0 Å². The van der Waals surface area contributed by atoms with Crippen molar-refractivity contribution in [3.63, 3.8) is 0 Å². The van der Waals surface area contributed by atoms with Crippen LogP contribution < -0.4 is 5.46 Å². The molecule has 0 radical (unpaired) electrons. The molecule has 39 heavy (non-hydrogen) atoms. The summed E-state index contributed by atoms with van der Waals surface area (Å²) >= 11 is 6.60. The van der Waals surface area contributed by atoms with E-state index in [-0.39, 0.29) is 5.41 Å². The molecule has 0 fully saturated rings. The van der Waals surface area contributed by atoms with Gasteiger partial charge >= 0.3 is 7.12 Å². The van der Waals surface area contributed by atoms with E-state index in [1.54, 1.807) is 0 Å². The van der Waals surface area contributed by atoms with Gasteiger partial charge in [-0.1, -0.05) is 165 Å². The number of halogens is 1. The third-order valence-corrected chi connectivity index (χ3v) is 9.29. The van der Waals surface area contributed by atoms with Crippen molar-refractivity contribution in [2.45, 2.75) is 148 Å². The van der Waals surface area contributed by atoms with Crippen molar-refractivity contribution in [2.24, 2.45) is 0 Å². The van der Waals surface area contributed by atoms with Gasteiger partial charge in [0, 0.05) is 10.4 Å². The van der Waals surface area contributed by atoms with E-state index in [0.717, 1.165) is 17.9 Å². The zero-order chi connectivity index (χ0) is 27.9. The quantitative estimate of drug-likeness (QED) is 0.119. The van der Waals surface area contributed by atoms with Crippen molar-refractivity contribution < 1.29 is 10.0 Å². The number of fused-ring (bicyclic) bond motifs is 3. The van der Waals surface area contributed by atoms with Gasteiger partial charge < -0.3 is 10.0 Å². The van der Waals surface area contributed by atoms with Gasteiger partial charge in [0.05, 0.1) is 0 Å². The Kier molecular flexibility index (Phi) is 14.5. The van der Waals surface area contributed by atoms with Crippen molar-refractivity contribution in [2.75, 3.05) is 0 Å². The molecule has 2 aromatic carbocycles. The van der Waals surface area contributed by atoms with Crippen LogP contribution in [0.4, 0.5) is 0 Å². The summed E-state index contributed by atoms with van der Waals surface area (Å²) in [5.74, 6) is 0. The topological polar surface area (TPSA) is 40.5 Å². The average Bonchev–Trinajstić information content (AvgIpc) is 3.19. The fourth-order valence-corrected chi connectivity index (χ4v) is 6.96. The number of unbranched alkanes of at least 4 members (excludes halogenated alkanes) is 16. The summed E-state index contributed by atoms with van der Waals surface area (Å²) in [7, 11) is -1.44. The largest absolute Gasteiger partial charge is 0.488 e. The highest BCUT2D eigenvalue weighted by Crippen LogP contribution is 2.54. The monoisotopic (exact) mass is 552 g/mol. The van der Waals surface area contributed by atoms with E-state index in [1.807, 2.05) is 12.1 Å². The molecule has 2 N–H and O–H groups in total. The normalized spacial score (nSPS) is 13.5. The maximum absolute atomic E-state index is 10.0. The van der Waals surface area contributed by atoms with E-state index in [0.29, 0.717) is 5.46 Å². The smallest absolute Gasteiger partial charge is 0.423 e. The molecule has 1 aliphatic carbocycles. The van der Waals surface area contributed by atoms with Gasteiger partial charge in [0.25, 0.3) is 0 Å². The Morgan fingerprint density at radius 1 is 0.564 bits per heavy atom. The van der Waals surface area contributed by atoms with Crippen LogP contribution in [0, 0.1) is 0 Å². The summed E-state index contributed by atoms with van der Waals surface area (Å²) in [6.45, 7) is 4.56. The SMILES string of the molecule is CCCCCCCCCCCC1(CCCCCCCCCCC)c2cc(Cl)ccc2-c2ccc(B(O)O)cc21. The Hall–Kier alpha value is -1.29. The standard InChI is InChI=1S/C35H54BClO2/c1-3-5-7-9-11-13-15-17-19-25-35(26-20-18-16-14-12-10-8-6-4-2)33-27-29(36(38)39)21-23-31(33)32-24-22-30(37)28-34(32)35/h21-24,27-28,38-39H,3-20,25-26H2,1-2H3. The molecule has 0 unspecified atom stereocenters. The molecule has 4 heteroatoms. The minimum atomic E-state index is -1.44. The molecular formula is C35H54BClO2. The van der Waals surface area contributed by atoms with Gasteiger partial charge in [-0.05, 0) is 52.7 Å². The van der Waals surface area contributed by atoms with Crippen LogP contribution in [-0.2, 0) is 5.41 Å². The number of rotatable bonds is 21. The molecule has 0 amide bonds. The summed E-state index contributed by atoms with van der Waals surface area (Å²) in [4.78, 5) is 0. The summed E-state index contributed by atoms with van der Waals surface area (Å²) in [6, 6.07) is 12.4. The summed E-state index contributed by atoms with van der Waals surface area (Å²) in [5.41, 5.74) is 5.66. The van der Waals surface area contributed by atoms with Crippen molar-refractivity contribution in [1.29, 1.82) is 0 Å². The van der Waals surface area contributed by atoms with Crippen LogP contribution in [0.3, 0.4) is 0 Å². The van der Waals surface area contributed by atoms with Crippen molar-refractivity contribution in [1.82, 2.24) is 0 Å². The number of benzene rings is 2. The van der Waals surface area contributed by atoms with E-state index in [2.05, 4.69) is 38.1 Å². The average molecular weight is 553 g/mol. The number of hydrogen-bond donors (Lipinski definition) is 2. The summed E-state index contributed by atoms with van der Waals surface area (Å²) in [5, 5.41) is 20.8. The van der Waals surface area contributed by atoms with Crippen LogP contribution in [0.1, 0.15) is 153 Å². The van der Waals surface area contributed by atoms with Gasteiger partial charge in [-0.25, -0.2) is 0 Å². The van der Waals surface area contributed by atoms with Crippen LogP contribution in [0.2, 0.25) is 5.02 Å². The van der Waals surface area contributed by atoms with Crippen molar-refractivity contribution >= 4 is 24.2 Å². The zero-order valence-corrected chi connectivity index (χ0v) is 25.7. The summed E-state index contributed by atoms with van der Waals surface area (Å²) in [6.07, 6.45) is 26.0. The lowest BCUT2D eigenvalue weighted by atomic mass is 9.68. The van der Waals surface area contributed by atoms with Gasteiger partial charge in [-0.2, -0.15) is 0 Å². The molecule has 0 saturated carbocycles. The predicted molar refractivity (Wildman–Crippen MR) is 171 cm³/mol. The molecule has 0 heterocycles. The molecule has 1 aliphatic rings. The Bertz CT molecular complexity index is 951. The molecular weight excluding hydrogens is 499 g/mol. The van der Waals surface area contributed by atoms with Crippen LogP contribution in [0.25, 0.3) is 11.1 Å². The van der Waals surface area contributed by atoms with Crippen LogP contribution in [0.15, 0.2) is 36.4 Å². The lowest BCUT2D eigenvalue weighted by Gasteiger charge is -2.33. The van der Waals surface area contributed by atoms with Crippen LogP contribution in [-0.4, -0.2) is 17.2 Å². The van der Waals surface area contributed by atoms with E-state index < -0.39 is 7.12 Å². The second-order valence-corrected chi connectivity index (χ2v) is 12.5. The second kappa shape index (κ2) is 17.5. The molecule has 0 aliphatic heterocycles. The fourth-order valence-electron chi connectivity index (χ4n) is 6.78. The van der Waals surface area contributed by atoms with Crippen LogP contribution in [0.5, 0.6) is 0 Å². The lowest BCUT2D eigenvalue weighted by Crippen LogP contribution is -2.32. The second-order valence-electron chi connectivity index (χ2n) is 12.1. The Morgan fingerprint density at radius 2 is 0.974 bits per heavy atom. The molecule has 0 atom stereocenters. The van der Waals surface area contributed by atoms with E-state index in [4.69, 9.17) is 11.6 Å². The van der Waals surface area contributed by atoms with E-state index in [1.165, 1.54) is 138 Å². The first-order valence-corrected chi connectivity index (χ1v) is 16.7. The van der Waals surface area contributed by atoms with E-state index >= 15 is 0 Å². The highest BCUT2D eigenvalue weighted by molar-refractivity contribution is 6.58. The molecule has 0 aromatic heterocycles. The summed E-state index contributed by atoms with van der Waals surface area (Å²) < 4.78 is 0. The van der Waals surface area contributed by atoms with Gasteiger partial charge in [-0.15, -0.1) is 0 Å². The molecule has 216 valence electrons. The van der Waals surface area contributed by atoms with Crippen molar-refractivity contribution in [3.8, 4) is 11.1 Å². The minimum Gasteiger partial charge on any atom is -0.423 e. The number of hydrogen-bond acceptors (Lipinski definition) is 2. The van der Waals surface area contributed by atoms with Gasteiger partial charge in [0.1, 0.15) is 0 Å². The molecule has 2 aromatic rings.